The number of aliphatic carboxylic acids is 1. The van der Waals surface area contributed by atoms with E-state index in [0.717, 1.165) is 11.6 Å². The quantitative estimate of drug-likeness (QED) is 0.387. The van der Waals surface area contributed by atoms with Gasteiger partial charge in [-0.25, -0.2) is 18.3 Å². The molecule has 2 heterocycles. The van der Waals surface area contributed by atoms with E-state index < -0.39 is 60.8 Å². The molecule has 3 unspecified atom stereocenters. The van der Waals surface area contributed by atoms with Crippen LogP contribution in [0, 0.1) is 18.6 Å². The number of aliphatic hydroxyl groups is 2. The van der Waals surface area contributed by atoms with Crippen molar-refractivity contribution in [1.29, 1.82) is 0 Å². The first-order valence-corrected chi connectivity index (χ1v) is 11.5. The van der Waals surface area contributed by atoms with Crippen molar-refractivity contribution in [3.05, 3.63) is 71.4 Å². The second-order valence-electron chi connectivity index (χ2n) is 8.73. The molecule has 0 aliphatic carbocycles. The number of carboxylic acids is 1. The van der Waals surface area contributed by atoms with Crippen molar-refractivity contribution in [2.24, 2.45) is 0 Å². The zero-order valence-electron chi connectivity index (χ0n) is 20.1. The molecule has 3 N–H and O–H groups in total. The smallest absolute Gasteiger partial charge is 0.335 e. The molecule has 0 spiro atoms. The molecule has 1 aliphatic rings. The lowest BCUT2D eigenvalue weighted by atomic mass is 9.89. The summed E-state index contributed by atoms with van der Waals surface area (Å²) in [6, 6.07) is 10.2. The molecule has 12 heteroatoms. The summed E-state index contributed by atoms with van der Waals surface area (Å²) in [5, 5.41) is 38.8. The lowest BCUT2D eigenvalue weighted by Gasteiger charge is -2.45. The minimum Gasteiger partial charge on any atom is -0.479 e. The Labute approximate surface area is 211 Å². The summed E-state index contributed by atoms with van der Waals surface area (Å²) in [7, 11) is 1.31. The molecule has 2 aromatic carbocycles. The van der Waals surface area contributed by atoms with Crippen LogP contribution in [0.25, 0.3) is 11.3 Å². The molecule has 198 valence electrons. The predicted molar refractivity (Wildman–Crippen MR) is 124 cm³/mol. The van der Waals surface area contributed by atoms with Crippen LogP contribution in [0.5, 0.6) is 0 Å². The van der Waals surface area contributed by atoms with Crippen LogP contribution in [0.3, 0.4) is 0 Å². The second kappa shape index (κ2) is 11.4. The van der Waals surface area contributed by atoms with Gasteiger partial charge in [-0.3, -0.25) is 0 Å². The number of nitrogens with zero attached hydrogens (tertiary/aromatic N) is 3. The van der Waals surface area contributed by atoms with Gasteiger partial charge in [0.2, 0.25) is 0 Å². The molecule has 1 aromatic heterocycles. The average Bonchev–Trinajstić information content (AvgIpc) is 3.37. The molecule has 1 saturated heterocycles. The molecule has 4 rings (SSSR count). The van der Waals surface area contributed by atoms with E-state index in [9.17, 15) is 28.9 Å². The molecular weight excluding hydrogens is 492 g/mol. The largest absolute Gasteiger partial charge is 0.479 e. The van der Waals surface area contributed by atoms with Gasteiger partial charge in [0.25, 0.3) is 0 Å². The summed E-state index contributed by atoms with van der Waals surface area (Å²) in [6.45, 7) is 0.751. The number of rotatable bonds is 9. The highest BCUT2D eigenvalue weighted by atomic mass is 19.2. The van der Waals surface area contributed by atoms with Gasteiger partial charge in [0.1, 0.15) is 36.2 Å². The van der Waals surface area contributed by atoms with E-state index in [-0.39, 0.29) is 23.4 Å². The first-order valence-electron chi connectivity index (χ1n) is 11.5. The zero-order valence-corrected chi connectivity index (χ0v) is 20.1. The maximum Gasteiger partial charge on any atom is 0.335 e. The molecule has 37 heavy (non-hydrogen) atoms. The van der Waals surface area contributed by atoms with E-state index >= 15 is 0 Å². The molecule has 1 aliphatic heterocycles. The Bertz CT molecular complexity index is 1200. The number of carbonyl (C=O) groups is 1. The van der Waals surface area contributed by atoms with Gasteiger partial charge in [-0.1, -0.05) is 35.5 Å². The standard InChI is InChI=1S/C25H27F2N3O7/c1-13-8-15(9-16(26)19(13)27)17-10-30(29-28-17)20-21(32)18(11-31)37-23(22(20)35-2)24(25(33)34)36-12-14-6-4-3-5-7-14/h3-10,18,20-24,31-32H,11-12H2,1-2H3,(H,33,34)/t18?,20?,21-,22?,23+,24-/m0/s1. The zero-order chi connectivity index (χ0) is 26.7. The minimum atomic E-state index is -1.52. The van der Waals surface area contributed by atoms with Crippen LogP contribution in [0.2, 0.25) is 0 Å². The van der Waals surface area contributed by atoms with Crippen LogP contribution in [-0.2, 0) is 25.6 Å². The molecule has 0 radical (unpaired) electrons. The van der Waals surface area contributed by atoms with Crippen molar-refractivity contribution in [1.82, 2.24) is 15.0 Å². The normalized spacial score (nSPS) is 24.6. The fourth-order valence-corrected chi connectivity index (χ4v) is 4.44. The highest BCUT2D eigenvalue weighted by molar-refractivity contribution is 5.73. The van der Waals surface area contributed by atoms with Gasteiger partial charge < -0.3 is 29.5 Å². The molecule has 6 atom stereocenters. The maximum absolute atomic E-state index is 14.0. The van der Waals surface area contributed by atoms with Crippen LogP contribution in [-0.4, -0.2) is 80.5 Å². The van der Waals surface area contributed by atoms with Gasteiger partial charge >= 0.3 is 5.97 Å². The van der Waals surface area contributed by atoms with E-state index in [1.165, 1.54) is 31.0 Å². The van der Waals surface area contributed by atoms with Crippen LogP contribution >= 0.6 is 0 Å². The fraction of sp³-hybridized carbons (Fsp3) is 0.400. The summed E-state index contributed by atoms with van der Waals surface area (Å²) >= 11 is 0. The third-order valence-corrected chi connectivity index (χ3v) is 6.31. The number of aryl methyl sites for hydroxylation is 1. The van der Waals surface area contributed by atoms with Crippen LogP contribution in [0.4, 0.5) is 8.78 Å². The van der Waals surface area contributed by atoms with Crippen LogP contribution < -0.4 is 0 Å². The number of methoxy groups -OCH3 is 1. The summed E-state index contributed by atoms with van der Waals surface area (Å²) in [5.74, 6) is -3.35. The number of aliphatic hydroxyl groups excluding tert-OH is 2. The van der Waals surface area contributed by atoms with Gasteiger partial charge in [0.15, 0.2) is 17.7 Å². The Morgan fingerprint density at radius 3 is 2.59 bits per heavy atom. The Hall–Kier alpha value is -3.29. The van der Waals surface area contributed by atoms with Gasteiger partial charge in [-0.2, -0.15) is 0 Å². The number of halogens is 2. The number of hydrogen-bond donors (Lipinski definition) is 3. The Morgan fingerprint density at radius 1 is 1.24 bits per heavy atom. The van der Waals surface area contributed by atoms with E-state index in [1.807, 2.05) is 6.07 Å². The highest BCUT2D eigenvalue weighted by Crippen LogP contribution is 2.35. The van der Waals surface area contributed by atoms with Crippen LogP contribution in [0.15, 0.2) is 48.7 Å². The van der Waals surface area contributed by atoms with E-state index in [4.69, 9.17) is 14.2 Å². The number of ether oxygens (including phenoxy) is 3. The van der Waals surface area contributed by atoms with Gasteiger partial charge in [0, 0.05) is 12.7 Å². The summed E-state index contributed by atoms with van der Waals surface area (Å²) in [5.41, 5.74) is 1.24. The lowest BCUT2D eigenvalue weighted by molar-refractivity contribution is -0.244. The van der Waals surface area contributed by atoms with Crippen molar-refractivity contribution in [2.75, 3.05) is 13.7 Å². The number of benzene rings is 2. The molecule has 0 saturated carbocycles. The maximum atomic E-state index is 14.0. The minimum absolute atomic E-state index is 0.0337. The third-order valence-electron chi connectivity index (χ3n) is 6.31. The Kier molecular flexibility index (Phi) is 8.25. The lowest BCUT2D eigenvalue weighted by Crippen LogP contribution is -2.61. The average molecular weight is 520 g/mol. The van der Waals surface area contributed by atoms with Gasteiger partial charge in [-0.15, -0.1) is 5.10 Å². The number of aromatic nitrogens is 3. The summed E-state index contributed by atoms with van der Waals surface area (Å²) < 4.78 is 46.0. The van der Waals surface area contributed by atoms with E-state index in [2.05, 4.69) is 10.3 Å². The fourth-order valence-electron chi connectivity index (χ4n) is 4.44. The Balaban J connectivity index is 1.66. The second-order valence-corrected chi connectivity index (χ2v) is 8.73. The topological polar surface area (TPSA) is 136 Å². The molecular formula is C25H27F2N3O7. The molecule has 0 amide bonds. The highest BCUT2D eigenvalue weighted by Gasteiger charge is 2.51. The Morgan fingerprint density at radius 2 is 1.97 bits per heavy atom. The van der Waals surface area contributed by atoms with Crippen molar-refractivity contribution >= 4 is 5.97 Å². The molecule has 3 aromatic rings. The van der Waals surface area contributed by atoms with Crippen LogP contribution in [0.1, 0.15) is 17.2 Å². The summed E-state index contributed by atoms with van der Waals surface area (Å²) in [6.07, 6.45) is -5.06. The summed E-state index contributed by atoms with van der Waals surface area (Å²) in [4.78, 5) is 12.2. The van der Waals surface area contributed by atoms with E-state index in [1.54, 1.807) is 24.3 Å². The number of carboxylic acid groups (broad SMARTS) is 1. The predicted octanol–water partition coefficient (Wildman–Crippen LogP) is 1.88. The molecule has 1 fully saturated rings. The monoisotopic (exact) mass is 519 g/mol. The first-order chi connectivity index (χ1) is 17.7. The molecule has 0 bridgehead atoms. The van der Waals surface area contributed by atoms with Crippen molar-refractivity contribution in [3.63, 3.8) is 0 Å². The van der Waals surface area contributed by atoms with Crippen molar-refractivity contribution in [2.45, 2.75) is 50.1 Å². The van der Waals surface area contributed by atoms with Gasteiger partial charge in [-0.05, 0) is 30.2 Å². The third kappa shape index (κ3) is 5.53. The number of hydrogen-bond acceptors (Lipinski definition) is 8. The first kappa shape index (κ1) is 26.8. The SMILES string of the molecule is COC1C(n2cc(-c3cc(C)c(F)c(F)c3)nn2)[C@@H](O)C(CO)O[C@H]1[C@H](OCc1ccccc1)C(=O)O. The van der Waals surface area contributed by atoms with E-state index in [0.29, 0.717) is 0 Å². The van der Waals surface area contributed by atoms with Gasteiger partial charge in [0.05, 0.1) is 19.4 Å². The van der Waals surface area contributed by atoms with Crippen molar-refractivity contribution in [3.8, 4) is 11.3 Å². The molecule has 10 nitrogen and oxygen atoms in total. The van der Waals surface area contributed by atoms with Crippen molar-refractivity contribution < 1.29 is 43.1 Å².